The molecule has 1 fully saturated rings. The Morgan fingerprint density at radius 1 is 1.47 bits per heavy atom. The molecule has 2 rings (SSSR count). The van der Waals surface area contributed by atoms with Gasteiger partial charge in [-0.1, -0.05) is 20.8 Å². The number of hydrogen-bond acceptors (Lipinski definition) is 2. The van der Waals surface area contributed by atoms with Gasteiger partial charge in [-0.25, -0.2) is 0 Å². The van der Waals surface area contributed by atoms with Crippen LogP contribution in [0.3, 0.4) is 0 Å². The Kier molecular flexibility index (Phi) is 2.38. The molecule has 15 heavy (non-hydrogen) atoms. The lowest BCUT2D eigenvalue weighted by Crippen LogP contribution is -2.07. The fourth-order valence-electron chi connectivity index (χ4n) is 1.74. The number of aliphatic carboxylic acids is 1. The molecule has 2 nitrogen and oxygen atoms in total. The molecule has 1 aliphatic carbocycles. The normalized spacial score (nSPS) is 25.3. The van der Waals surface area contributed by atoms with Crippen LogP contribution in [0, 0.1) is 5.92 Å². The minimum absolute atomic E-state index is 0.128. The Labute approximate surface area is 93.9 Å². The van der Waals surface area contributed by atoms with Gasteiger partial charge in [-0.2, -0.15) is 0 Å². The molecule has 1 aliphatic rings. The van der Waals surface area contributed by atoms with Gasteiger partial charge in [0.25, 0.3) is 0 Å². The van der Waals surface area contributed by atoms with Crippen LogP contribution in [0.5, 0.6) is 0 Å². The molecular weight excluding hydrogens is 208 g/mol. The molecule has 1 aromatic rings. The molecule has 1 heterocycles. The molecule has 0 aromatic carbocycles. The van der Waals surface area contributed by atoms with E-state index in [1.54, 1.807) is 11.3 Å². The van der Waals surface area contributed by atoms with Gasteiger partial charge in [-0.05, 0) is 24.0 Å². The topological polar surface area (TPSA) is 37.3 Å². The Hall–Kier alpha value is -0.830. The standard InChI is InChI=1S/C12H16O2S/c1-12(2,3)10-5-4-9(15-10)7-6-8(7)11(13)14/h4-5,7-8H,6H2,1-3H3,(H,13,14). The second-order valence-corrected chi connectivity index (χ2v) is 6.35. The zero-order chi connectivity index (χ0) is 11.2. The molecule has 82 valence electrons. The van der Waals surface area contributed by atoms with Crippen LogP contribution < -0.4 is 0 Å². The van der Waals surface area contributed by atoms with E-state index < -0.39 is 5.97 Å². The van der Waals surface area contributed by atoms with Crippen LogP contribution in [0.1, 0.15) is 42.9 Å². The SMILES string of the molecule is CC(C)(C)c1ccc(C2CC2C(=O)O)s1. The molecule has 0 radical (unpaired) electrons. The van der Waals surface area contributed by atoms with Crippen molar-refractivity contribution in [2.75, 3.05) is 0 Å². The summed E-state index contributed by atoms with van der Waals surface area (Å²) in [4.78, 5) is 13.3. The van der Waals surface area contributed by atoms with Crippen molar-refractivity contribution in [3.63, 3.8) is 0 Å². The minimum atomic E-state index is -0.647. The van der Waals surface area contributed by atoms with E-state index in [-0.39, 0.29) is 17.3 Å². The quantitative estimate of drug-likeness (QED) is 0.837. The predicted octanol–water partition coefficient (Wildman–Crippen LogP) is 3.23. The van der Waals surface area contributed by atoms with Crippen molar-refractivity contribution in [3.8, 4) is 0 Å². The third-order valence-corrected chi connectivity index (χ3v) is 4.48. The first-order chi connectivity index (χ1) is 6.89. The molecule has 1 saturated carbocycles. The smallest absolute Gasteiger partial charge is 0.307 e. The lowest BCUT2D eigenvalue weighted by atomic mass is 9.95. The molecule has 1 N–H and O–H groups in total. The molecule has 0 amide bonds. The van der Waals surface area contributed by atoms with E-state index in [2.05, 4.69) is 32.9 Å². The summed E-state index contributed by atoms with van der Waals surface area (Å²) in [6.45, 7) is 6.55. The Morgan fingerprint density at radius 2 is 2.13 bits per heavy atom. The summed E-state index contributed by atoms with van der Waals surface area (Å²) in [5, 5.41) is 8.86. The maximum absolute atomic E-state index is 10.8. The fourth-order valence-corrected chi connectivity index (χ4v) is 2.98. The van der Waals surface area contributed by atoms with Crippen LogP contribution in [-0.2, 0) is 10.2 Å². The van der Waals surface area contributed by atoms with Crippen molar-refractivity contribution in [1.29, 1.82) is 0 Å². The van der Waals surface area contributed by atoms with E-state index in [0.29, 0.717) is 0 Å². The van der Waals surface area contributed by atoms with E-state index >= 15 is 0 Å². The van der Waals surface area contributed by atoms with Gasteiger partial charge in [-0.3, -0.25) is 4.79 Å². The number of carboxylic acid groups (broad SMARTS) is 1. The zero-order valence-electron chi connectivity index (χ0n) is 9.28. The summed E-state index contributed by atoms with van der Waals surface area (Å²) in [6, 6.07) is 4.23. The molecular formula is C12H16O2S. The van der Waals surface area contributed by atoms with Crippen molar-refractivity contribution in [3.05, 3.63) is 21.9 Å². The van der Waals surface area contributed by atoms with E-state index in [0.717, 1.165) is 6.42 Å². The highest BCUT2D eigenvalue weighted by Gasteiger charge is 2.45. The highest BCUT2D eigenvalue weighted by Crippen LogP contribution is 2.50. The van der Waals surface area contributed by atoms with E-state index in [1.165, 1.54) is 9.75 Å². The lowest BCUT2D eigenvalue weighted by Gasteiger charge is -2.15. The highest BCUT2D eigenvalue weighted by atomic mass is 32.1. The maximum atomic E-state index is 10.8. The van der Waals surface area contributed by atoms with Crippen LogP contribution in [0.4, 0.5) is 0 Å². The van der Waals surface area contributed by atoms with Crippen LogP contribution >= 0.6 is 11.3 Å². The first kappa shape index (κ1) is 10.7. The van der Waals surface area contributed by atoms with Crippen LogP contribution in [0.2, 0.25) is 0 Å². The van der Waals surface area contributed by atoms with Gasteiger partial charge in [-0.15, -0.1) is 11.3 Å². The predicted molar refractivity (Wildman–Crippen MR) is 61.5 cm³/mol. The summed E-state index contributed by atoms with van der Waals surface area (Å²) in [5.74, 6) is -0.495. The average molecular weight is 224 g/mol. The molecule has 3 heteroatoms. The Balaban J connectivity index is 2.13. The van der Waals surface area contributed by atoms with Crippen molar-refractivity contribution < 1.29 is 9.90 Å². The van der Waals surface area contributed by atoms with Gasteiger partial charge >= 0.3 is 5.97 Å². The summed E-state index contributed by atoms with van der Waals surface area (Å²) >= 11 is 1.77. The fraction of sp³-hybridized carbons (Fsp3) is 0.583. The van der Waals surface area contributed by atoms with Crippen LogP contribution in [-0.4, -0.2) is 11.1 Å². The van der Waals surface area contributed by atoms with Gasteiger partial charge in [0.2, 0.25) is 0 Å². The second-order valence-electron chi connectivity index (χ2n) is 5.24. The first-order valence-electron chi connectivity index (χ1n) is 5.22. The van der Waals surface area contributed by atoms with Gasteiger partial charge < -0.3 is 5.11 Å². The van der Waals surface area contributed by atoms with Crippen LogP contribution in [0.25, 0.3) is 0 Å². The first-order valence-corrected chi connectivity index (χ1v) is 6.04. The third kappa shape index (κ3) is 2.07. The molecule has 2 unspecified atom stereocenters. The van der Waals surface area contributed by atoms with Gasteiger partial charge in [0.1, 0.15) is 0 Å². The minimum Gasteiger partial charge on any atom is -0.481 e. The number of carboxylic acids is 1. The summed E-state index contributed by atoms with van der Waals surface area (Å²) < 4.78 is 0. The molecule has 0 bridgehead atoms. The molecule has 0 aliphatic heterocycles. The van der Waals surface area contributed by atoms with Crippen molar-refractivity contribution >= 4 is 17.3 Å². The molecule has 2 atom stereocenters. The zero-order valence-corrected chi connectivity index (χ0v) is 10.1. The Bertz CT molecular complexity index is 387. The van der Waals surface area contributed by atoms with Crippen molar-refractivity contribution in [1.82, 2.24) is 0 Å². The van der Waals surface area contributed by atoms with Crippen molar-refractivity contribution in [2.24, 2.45) is 5.92 Å². The van der Waals surface area contributed by atoms with Gasteiger partial charge in [0.15, 0.2) is 0 Å². The number of rotatable bonds is 2. The van der Waals surface area contributed by atoms with Gasteiger partial charge in [0, 0.05) is 15.7 Å². The largest absolute Gasteiger partial charge is 0.481 e. The maximum Gasteiger partial charge on any atom is 0.307 e. The molecule has 0 saturated heterocycles. The third-order valence-electron chi connectivity index (χ3n) is 2.84. The average Bonchev–Trinajstić information content (AvgIpc) is 2.74. The van der Waals surface area contributed by atoms with E-state index in [9.17, 15) is 4.79 Å². The monoisotopic (exact) mass is 224 g/mol. The summed E-state index contributed by atoms with van der Waals surface area (Å²) in [6.07, 6.45) is 0.819. The lowest BCUT2D eigenvalue weighted by molar-refractivity contribution is -0.138. The number of hydrogen-bond donors (Lipinski definition) is 1. The highest BCUT2D eigenvalue weighted by molar-refractivity contribution is 7.12. The second kappa shape index (κ2) is 3.34. The Morgan fingerprint density at radius 3 is 2.53 bits per heavy atom. The molecule has 1 aromatic heterocycles. The summed E-state index contributed by atoms with van der Waals surface area (Å²) in [5.41, 5.74) is 0.177. The van der Waals surface area contributed by atoms with Crippen LogP contribution in [0.15, 0.2) is 12.1 Å². The van der Waals surface area contributed by atoms with Crippen molar-refractivity contribution in [2.45, 2.75) is 38.5 Å². The van der Waals surface area contributed by atoms with E-state index in [4.69, 9.17) is 5.11 Å². The number of thiophene rings is 1. The number of carbonyl (C=O) groups is 1. The van der Waals surface area contributed by atoms with Gasteiger partial charge in [0.05, 0.1) is 5.92 Å². The van der Waals surface area contributed by atoms with E-state index in [1.807, 2.05) is 0 Å². The summed E-state index contributed by atoms with van der Waals surface area (Å²) in [7, 11) is 0. The molecule has 0 spiro atoms.